The van der Waals surface area contributed by atoms with E-state index in [9.17, 15) is 9.90 Å². The Morgan fingerprint density at radius 1 is 1.71 bits per heavy atom. The number of hydrogen-bond donors (Lipinski definition) is 2. The average Bonchev–Trinajstić information content (AvgIpc) is 2.18. The maximum atomic E-state index is 11.3. The Hall–Kier alpha value is -2.02. The second-order valence-electron chi connectivity index (χ2n) is 2.48. The molecule has 1 aromatic rings. The minimum absolute atomic E-state index is 0.0189. The summed E-state index contributed by atoms with van der Waals surface area (Å²) in [7, 11) is 0. The maximum absolute atomic E-state index is 11.3. The van der Waals surface area contributed by atoms with Crippen molar-refractivity contribution >= 4 is 5.91 Å². The van der Waals surface area contributed by atoms with Crippen LogP contribution in [0.3, 0.4) is 0 Å². The molecule has 0 radical (unpaired) electrons. The normalized spacial score (nSPS) is 8.64. The molecule has 1 amide bonds. The first-order valence-electron chi connectivity index (χ1n) is 4.07. The summed E-state index contributed by atoms with van der Waals surface area (Å²) in [6.45, 7) is 1.94. The zero-order valence-electron chi connectivity index (χ0n) is 7.74. The number of pyridine rings is 1. The molecule has 0 aromatic carbocycles. The molecule has 0 aliphatic carbocycles. The Bertz CT molecular complexity index is 391. The van der Waals surface area contributed by atoms with Gasteiger partial charge < -0.3 is 10.4 Å². The lowest BCUT2D eigenvalue weighted by atomic mass is 10.3. The lowest BCUT2D eigenvalue weighted by molar-refractivity contribution is 0.0951. The number of aromatic hydroxyl groups is 1. The van der Waals surface area contributed by atoms with Crippen LogP contribution in [0.4, 0.5) is 0 Å². The van der Waals surface area contributed by atoms with E-state index in [4.69, 9.17) is 0 Å². The van der Waals surface area contributed by atoms with Crippen LogP contribution >= 0.6 is 0 Å². The molecule has 0 fully saturated rings. The van der Waals surface area contributed by atoms with Crippen LogP contribution < -0.4 is 5.32 Å². The molecule has 1 rings (SSSR count). The van der Waals surface area contributed by atoms with Gasteiger partial charge in [0.25, 0.3) is 5.91 Å². The van der Waals surface area contributed by atoms with Crippen molar-refractivity contribution in [2.75, 3.05) is 6.54 Å². The average molecular weight is 190 g/mol. The number of rotatable bonds is 2. The fourth-order valence-electron chi connectivity index (χ4n) is 0.868. The van der Waals surface area contributed by atoms with Crippen molar-refractivity contribution in [2.24, 2.45) is 0 Å². The molecule has 0 saturated carbocycles. The summed E-state index contributed by atoms with van der Waals surface area (Å²) in [5.41, 5.74) is 0.0189. The lowest BCUT2D eigenvalue weighted by Crippen LogP contribution is -2.24. The predicted octanol–water partition coefficient (Wildman–Crippen LogP) is 0.540. The van der Waals surface area contributed by atoms with Crippen molar-refractivity contribution in [3.63, 3.8) is 0 Å². The topological polar surface area (TPSA) is 62.2 Å². The minimum Gasteiger partial charge on any atom is -0.505 e. The van der Waals surface area contributed by atoms with Crippen LogP contribution in [0.1, 0.15) is 17.4 Å². The van der Waals surface area contributed by atoms with Gasteiger partial charge in [-0.15, -0.1) is 5.92 Å². The predicted molar refractivity (Wildman–Crippen MR) is 51.7 cm³/mol. The highest BCUT2D eigenvalue weighted by molar-refractivity contribution is 5.94. The fraction of sp³-hybridized carbons (Fsp3) is 0.200. The highest BCUT2D eigenvalue weighted by Gasteiger charge is 2.10. The van der Waals surface area contributed by atoms with Crippen molar-refractivity contribution in [2.45, 2.75) is 6.92 Å². The molecule has 0 bridgehead atoms. The van der Waals surface area contributed by atoms with E-state index in [0.717, 1.165) is 0 Å². The van der Waals surface area contributed by atoms with Gasteiger partial charge in [-0.3, -0.25) is 4.79 Å². The highest BCUT2D eigenvalue weighted by atomic mass is 16.3. The van der Waals surface area contributed by atoms with E-state index in [0.29, 0.717) is 0 Å². The first kappa shape index (κ1) is 10.1. The zero-order valence-corrected chi connectivity index (χ0v) is 7.74. The Labute approximate surface area is 82.0 Å². The van der Waals surface area contributed by atoms with Gasteiger partial charge in [-0.05, 0) is 19.1 Å². The highest BCUT2D eigenvalue weighted by Crippen LogP contribution is 2.11. The summed E-state index contributed by atoms with van der Waals surface area (Å²) >= 11 is 0. The molecule has 4 nitrogen and oxygen atoms in total. The summed E-state index contributed by atoms with van der Waals surface area (Å²) in [5, 5.41) is 11.8. The molecule has 4 heteroatoms. The standard InChI is InChI=1S/C10H10N2O2/c1-2-3-6-12-10(14)9-8(13)5-4-7-11-9/h4-5,7,13H,6H2,1H3,(H,12,14). The minimum atomic E-state index is -0.425. The first-order chi connectivity index (χ1) is 6.75. The van der Waals surface area contributed by atoms with Crippen LogP contribution in [-0.2, 0) is 0 Å². The quantitative estimate of drug-likeness (QED) is 0.669. The largest absolute Gasteiger partial charge is 0.505 e. The van der Waals surface area contributed by atoms with Crippen molar-refractivity contribution in [3.8, 4) is 17.6 Å². The third-order valence-corrected chi connectivity index (χ3v) is 1.52. The first-order valence-corrected chi connectivity index (χ1v) is 4.07. The molecule has 0 saturated heterocycles. The third-order valence-electron chi connectivity index (χ3n) is 1.52. The van der Waals surface area contributed by atoms with Crippen molar-refractivity contribution < 1.29 is 9.90 Å². The van der Waals surface area contributed by atoms with Gasteiger partial charge in [-0.25, -0.2) is 4.98 Å². The van der Waals surface area contributed by atoms with E-state index in [1.54, 1.807) is 13.0 Å². The number of aromatic nitrogens is 1. The number of hydrogen-bond acceptors (Lipinski definition) is 3. The molecule has 0 spiro atoms. The maximum Gasteiger partial charge on any atom is 0.274 e. The van der Waals surface area contributed by atoms with Gasteiger partial charge in [0.2, 0.25) is 0 Å². The van der Waals surface area contributed by atoms with E-state index < -0.39 is 5.91 Å². The molecular weight excluding hydrogens is 180 g/mol. The van der Waals surface area contributed by atoms with Gasteiger partial charge in [-0.1, -0.05) is 5.92 Å². The third kappa shape index (κ3) is 2.49. The number of amides is 1. The summed E-state index contributed by atoms with van der Waals surface area (Å²) < 4.78 is 0. The number of carbonyl (C=O) groups excluding carboxylic acids is 1. The molecule has 1 heterocycles. The molecule has 14 heavy (non-hydrogen) atoms. The monoisotopic (exact) mass is 190 g/mol. The van der Waals surface area contributed by atoms with Crippen LogP contribution in [0.25, 0.3) is 0 Å². The summed E-state index contributed by atoms with van der Waals surface area (Å²) in [6, 6.07) is 2.96. The van der Waals surface area contributed by atoms with Crippen molar-refractivity contribution in [3.05, 3.63) is 24.0 Å². The second kappa shape index (κ2) is 4.87. The van der Waals surface area contributed by atoms with E-state index >= 15 is 0 Å². The van der Waals surface area contributed by atoms with Gasteiger partial charge in [0.1, 0.15) is 5.75 Å². The molecular formula is C10H10N2O2. The Kier molecular flexibility index (Phi) is 3.50. The number of nitrogens with zero attached hydrogens (tertiary/aromatic N) is 1. The van der Waals surface area contributed by atoms with Crippen molar-refractivity contribution in [1.29, 1.82) is 0 Å². The summed E-state index contributed by atoms with van der Waals surface area (Å²) in [5.74, 6) is 4.76. The molecule has 0 atom stereocenters. The fourth-order valence-corrected chi connectivity index (χ4v) is 0.868. The van der Waals surface area contributed by atoms with Gasteiger partial charge in [0.05, 0.1) is 6.54 Å². The van der Waals surface area contributed by atoms with Crippen LogP contribution in [0.15, 0.2) is 18.3 Å². The molecule has 0 aliphatic rings. The Balaban J connectivity index is 2.68. The van der Waals surface area contributed by atoms with Gasteiger partial charge in [-0.2, -0.15) is 0 Å². The van der Waals surface area contributed by atoms with Crippen LogP contribution in [0.2, 0.25) is 0 Å². The lowest BCUT2D eigenvalue weighted by Gasteiger charge is -2.01. The Morgan fingerprint density at radius 3 is 3.14 bits per heavy atom. The smallest absolute Gasteiger partial charge is 0.274 e. The zero-order chi connectivity index (χ0) is 10.4. The Morgan fingerprint density at radius 2 is 2.50 bits per heavy atom. The molecule has 0 aliphatic heterocycles. The summed E-state index contributed by atoms with van der Waals surface area (Å²) in [4.78, 5) is 15.1. The molecule has 1 aromatic heterocycles. The second-order valence-corrected chi connectivity index (χ2v) is 2.48. The van der Waals surface area contributed by atoms with E-state index in [-0.39, 0.29) is 18.0 Å². The van der Waals surface area contributed by atoms with Gasteiger partial charge in [0.15, 0.2) is 5.69 Å². The van der Waals surface area contributed by atoms with Crippen LogP contribution in [-0.4, -0.2) is 22.5 Å². The van der Waals surface area contributed by atoms with Crippen molar-refractivity contribution in [1.82, 2.24) is 10.3 Å². The van der Waals surface area contributed by atoms with Crippen LogP contribution in [0.5, 0.6) is 5.75 Å². The molecule has 2 N–H and O–H groups in total. The SMILES string of the molecule is CC#CCNC(=O)c1ncccc1O. The summed E-state index contributed by atoms with van der Waals surface area (Å²) in [6.07, 6.45) is 1.44. The van der Waals surface area contributed by atoms with Gasteiger partial charge >= 0.3 is 0 Å². The van der Waals surface area contributed by atoms with E-state index in [1.165, 1.54) is 12.3 Å². The van der Waals surface area contributed by atoms with Crippen LogP contribution in [0, 0.1) is 11.8 Å². The number of carbonyl (C=O) groups is 1. The molecule has 72 valence electrons. The van der Waals surface area contributed by atoms with E-state index in [1.807, 2.05) is 0 Å². The number of nitrogens with one attached hydrogen (secondary N) is 1. The van der Waals surface area contributed by atoms with Gasteiger partial charge in [0, 0.05) is 6.20 Å². The van der Waals surface area contributed by atoms with E-state index in [2.05, 4.69) is 22.1 Å². The molecule has 0 unspecified atom stereocenters.